The highest BCUT2D eigenvalue weighted by atomic mass is 19.1. The van der Waals surface area contributed by atoms with E-state index >= 15 is 0 Å². The molecule has 3 aromatic heterocycles. The molecule has 0 amide bonds. The molecule has 0 aliphatic heterocycles. The topological polar surface area (TPSA) is 79.6 Å². The molecule has 0 spiro atoms. The number of anilines is 1. The van der Waals surface area contributed by atoms with Gasteiger partial charge in [0.05, 0.1) is 6.26 Å². The van der Waals surface area contributed by atoms with Gasteiger partial charge in [-0.1, -0.05) is 12.1 Å². The van der Waals surface area contributed by atoms with Gasteiger partial charge in [0.15, 0.2) is 5.76 Å². The van der Waals surface area contributed by atoms with Crippen molar-refractivity contribution in [3.8, 4) is 11.6 Å². The first-order chi connectivity index (χ1) is 12.2. The summed E-state index contributed by atoms with van der Waals surface area (Å²) in [6, 6.07) is 10.5. The van der Waals surface area contributed by atoms with Crippen molar-refractivity contribution in [1.29, 1.82) is 0 Å². The Hall–Kier alpha value is -3.22. The summed E-state index contributed by atoms with van der Waals surface area (Å²) in [6.45, 7) is 2.48. The largest absolute Gasteiger partial charge is 0.461 e. The molecule has 0 bridgehead atoms. The number of rotatable bonds is 5. The standard InChI is InChI=1S/C18H16FN5O/c1-11-10-14(12-4-2-5-13(19)17(12)21-11)20-8-7-16-22-18(24-23-16)15-6-3-9-25-15/h2-6,9-10H,7-8H2,1H3,(H,20,21)(H,22,23,24). The van der Waals surface area contributed by atoms with E-state index in [0.29, 0.717) is 30.1 Å². The van der Waals surface area contributed by atoms with Gasteiger partial charge in [0.25, 0.3) is 0 Å². The van der Waals surface area contributed by atoms with Crippen LogP contribution < -0.4 is 5.32 Å². The molecule has 0 unspecified atom stereocenters. The minimum atomic E-state index is -0.317. The van der Waals surface area contributed by atoms with Crippen LogP contribution in [-0.4, -0.2) is 26.7 Å². The number of pyridine rings is 1. The third-order valence-electron chi connectivity index (χ3n) is 3.87. The summed E-state index contributed by atoms with van der Waals surface area (Å²) in [4.78, 5) is 8.69. The van der Waals surface area contributed by atoms with Crippen molar-refractivity contribution >= 4 is 16.6 Å². The Balaban J connectivity index is 1.49. The first-order valence-corrected chi connectivity index (χ1v) is 7.95. The number of hydrogen-bond acceptors (Lipinski definition) is 5. The second kappa shape index (κ2) is 6.35. The van der Waals surface area contributed by atoms with Crippen LogP contribution in [0.1, 0.15) is 11.5 Å². The molecule has 6 nitrogen and oxygen atoms in total. The maximum absolute atomic E-state index is 13.9. The molecular formula is C18H16FN5O. The van der Waals surface area contributed by atoms with E-state index in [1.807, 2.05) is 25.1 Å². The van der Waals surface area contributed by atoms with Crippen LogP contribution in [0.25, 0.3) is 22.5 Å². The molecule has 126 valence electrons. The third-order valence-corrected chi connectivity index (χ3v) is 3.87. The van der Waals surface area contributed by atoms with Gasteiger partial charge in [-0.2, -0.15) is 5.10 Å². The predicted octanol–water partition coefficient (Wildman–Crippen LogP) is 3.72. The van der Waals surface area contributed by atoms with Crippen molar-refractivity contribution in [2.75, 3.05) is 11.9 Å². The molecule has 25 heavy (non-hydrogen) atoms. The lowest BCUT2D eigenvalue weighted by atomic mass is 10.1. The predicted molar refractivity (Wildman–Crippen MR) is 92.7 cm³/mol. The highest BCUT2D eigenvalue weighted by Crippen LogP contribution is 2.25. The van der Waals surface area contributed by atoms with Gasteiger partial charge < -0.3 is 9.73 Å². The van der Waals surface area contributed by atoms with Crippen molar-refractivity contribution in [2.45, 2.75) is 13.3 Å². The van der Waals surface area contributed by atoms with Gasteiger partial charge in [0, 0.05) is 29.7 Å². The molecule has 3 heterocycles. The maximum atomic E-state index is 13.9. The number of H-pyrrole nitrogens is 1. The number of furan rings is 1. The van der Waals surface area contributed by atoms with Gasteiger partial charge in [-0.15, -0.1) is 0 Å². The van der Waals surface area contributed by atoms with E-state index in [9.17, 15) is 4.39 Å². The maximum Gasteiger partial charge on any atom is 0.216 e. The number of para-hydroxylation sites is 1. The Bertz CT molecular complexity index is 1010. The number of hydrogen-bond donors (Lipinski definition) is 2. The van der Waals surface area contributed by atoms with Crippen LogP contribution in [0, 0.1) is 12.7 Å². The first-order valence-electron chi connectivity index (χ1n) is 7.95. The van der Waals surface area contributed by atoms with Gasteiger partial charge in [0.1, 0.15) is 17.2 Å². The SMILES string of the molecule is Cc1cc(NCCc2nc(-c3ccco3)n[nH]2)c2cccc(F)c2n1. The Kier molecular flexibility index (Phi) is 3.89. The summed E-state index contributed by atoms with van der Waals surface area (Å²) in [5.74, 6) is 1.59. The molecule has 0 atom stereocenters. The second-order valence-corrected chi connectivity index (χ2v) is 5.71. The molecule has 0 saturated carbocycles. The molecule has 0 radical (unpaired) electrons. The highest BCUT2D eigenvalue weighted by molar-refractivity contribution is 5.91. The Morgan fingerprint density at radius 1 is 1.20 bits per heavy atom. The number of aromatic amines is 1. The van der Waals surface area contributed by atoms with Gasteiger partial charge >= 0.3 is 0 Å². The monoisotopic (exact) mass is 337 g/mol. The summed E-state index contributed by atoms with van der Waals surface area (Å²) in [5.41, 5.74) is 2.00. The number of aryl methyl sites for hydroxylation is 1. The second-order valence-electron chi connectivity index (χ2n) is 5.71. The summed E-state index contributed by atoms with van der Waals surface area (Å²) in [5, 5.41) is 11.1. The van der Waals surface area contributed by atoms with Crippen LogP contribution in [-0.2, 0) is 6.42 Å². The van der Waals surface area contributed by atoms with Crippen molar-refractivity contribution in [3.63, 3.8) is 0 Å². The molecule has 0 saturated heterocycles. The lowest BCUT2D eigenvalue weighted by Gasteiger charge is -2.10. The van der Waals surface area contributed by atoms with E-state index in [1.165, 1.54) is 6.07 Å². The van der Waals surface area contributed by atoms with Crippen molar-refractivity contribution in [1.82, 2.24) is 20.2 Å². The van der Waals surface area contributed by atoms with E-state index in [1.54, 1.807) is 18.4 Å². The fourth-order valence-electron chi connectivity index (χ4n) is 2.73. The quantitative estimate of drug-likeness (QED) is 0.580. The van der Waals surface area contributed by atoms with Crippen LogP contribution in [0.5, 0.6) is 0 Å². The summed E-state index contributed by atoms with van der Waals surface area (Å²) in [6.07, 6.45) is 2.23. The van der Waals surface area contributed by atoms with Crippen LogP contribution in [0.15, 0.2) is 47.1 Å². The van der Waals surface area contributed by atoms with Gasteiger partial charge in [-0.25, -0.2) is 14.4 Å². The fourth-order valence-corrected chi connectivity index (χ4v) is 2.73. The molecular weight excluding hydrogens is 321 g/mol. The van der Waals surface area contributed by atoms with E-state index < -0.39 is 0 Å². The Morgan fingerprint density at radius 3 is 2.96 bits per heavy atom. The van der Waals surface area contributed by atoms with Gasteiger partial charge in [-0.05, 0) is 31.2 Å². The van der Waals surface area contributed by atoms with Crippen LogP contribution in [0.2, 0.25) is 0 Å². The van der Waals surface area contributed by atoms with Gasteiger partial charge in [-0.3, -0.25) is 5.10 Å². The molecule has 4 rings (SSSR count). The zero-order valence-electron chi connectivity index (χ0n) is 13.6. The minimum Gasteiger partial charge on any atom is -0.461 e. The zero-order valence-corrected chi connectivity index (χ0v) is 13.6. The average molecular weight is 337 g/mol. The number of fused-ring (bicyclic) bond motifs is 1. The number of halogens is 1. The number of nitrogens with one attached hydrogen (secondary N) is 2. The van der Waals surface area contributed by atoms with Crippen molar-refractivity contribution in [3.05, 3.63) is 60.0 Å². The van der Waals surface area contributed by atoms with Crippen LogP contribution in [0.3, 0.4) is 0 Å². The van der Waals surface area contributed by atoms with Crippen molar-refractivity contribution < 1.29 is 8.81 Å². The number of benzene rings is 1. The third kappa shape index (κ3) is 3.08. The fraction of sp³-hybridized carbons (Fsp3) is 0.167. The molecule has 4 aromatic rings. The van der Waals surface area contributed by atoms with E-state index in [4.69, 9.17) is 4.42 Å². The van der Waals surface area contributed by atoms with Crippen LogP contribution >= 0.6 is 0 Å². The number of nitrogens with zero attached hydrogens (tertiary/aromatic N) is 3. The number of aromatic nitrogens is 4. The molecule has 2 N–H and O–H groups in total. The normalized spacial score (nSPS) is 11.1. The first kappa shape index (κ1) is 15.3. The molecule has 0 aliphatic carbocycles. The summed E-state index contributed by atoms with van der Waals surface area (Å²) < 4.78 is 19.2. The van der Waals surface area contributed by atoms with E-state index in [2.05, 4.69) is 25.5 Å². The Morgan fingerprint density at radius 2 is 2.12 bits per heavy atom. The molecule has 7 heteroatoms. The lowest BCUT2D eigenvalue weighted by Crippen LogP contribution is -2.07. The summed E-state index contributed by atoms with van der Waals surface area (Å²) >= 11 is 0. The minimum absolute atomic E-state index is 0.317. The highest BCUT2D eigenvalue weighted by Gasteiger charge is 2.10. The molecule has 0 aliphatic rings. The molecule has 0 fully saturated rings. The van der Waals surface area contributed by atoms with E-state index in [-0.39, 0.29) is 5.82 Å². The zero-order chi connectivity index (χ0) is 17.2. The average Bonchev–Trinajstić information content (AvgIpc) is 3.27. The lowest BCUT2D eigenvalue weighted by molar-refractivity contribution is 0.577. The van der Waals surface area contributed by atoms with E-state index in [0.717, 1.165) is 22.6 Å². The Labute approximate surface area is 143 Å². The summed E-state index contributed by atoms with van der Waals surface area (Å²) in [7, 11) is 0. The molecule has 1 aromatic carbocycles. The van der Waals surface area contributed by atoms with Gasteiger partial charge in [0.2, 0.25) is 5.82 Å². The smallest absolute Gasteiger partial charge is 0.216 e. The van der Waals surface area contributed by atoms with Crippen molar-refractivity contribution in [2.24, 2.45) is 0 Å². The van der Waals surface area contributed by atoms with Crippen LogP contribution in [0.4, 0.5) is 10.1 Å².